The Morgan fingerprint density at radius 2 is 2.29 bits per heavy atom. The van der Waals surface area contributed by atoms with Gasteiger partial charge in [-0.3, -0.25) is 10.1 Å². The number of halogens is 1. The molecule has 0 unspecified atom stereocenters. The molecule has 0 saturated heterocycles. The third-order valence-electron chi connectivity index (χ3n) is 2.17. The highest BCUT2D eigenvalue weighted by atomic mass is 79.9. The summed E-state index contributed by atoms with van der Waals surface area (Å²) in [6.07, 6.45) is 0. The molecule has 0 aliphatic heterocycles. The number of aromatic nitrogens is 2. The van der Waals surface area contributed by atoms with Gasteiger partial charge in [-0.25, -0.2) is 4.68 Å². The first-order valence-electron chi connectivity index (χ1n) is 5.15. The fourth-order valence-corrected chi connectivity index (χ4v) is 1.62. The van der Waals surface area contributed by atoms with Crippen LogP contribution in [-0.2, 0) is 0 Å². The first-order chi connectivity index (χ1) is 7.84. The Balaban J connectivity index is 3.20. The lowest BCUT2D eigenvalue weighted by molar-refractivity contribution is -0.384. The maximum Gasteiger partial charge on any atom is 0.333 e. The van der Waals surface area contributed by atoms with Crippen LogP contribution in [-0.4, -0.2) is 21.2 Å². The Labute approximate surface area is 108 Å². The highest BCUT2D eigenvalue weighted by Gasteiger charge is 2.26. The second-order valence-corrected chi connectivity index (χ2v) is 5.07. The number of rotatable bonds is 5. The molecule has 1 heterocycles. The van der Waals surface area contributed by atoms with E-state index < -0.39 is 4.92 Å². The fraction of sp³-hybridized carbons (Fsp3) is 0.500. The van der Waals surface area contributed by atoms with Gasteiger partial charge in [0.25, 0.3) is 0 Å². The molecule has 94 valence electrons. The van der Waals surface area contributed by atoms with Gasteiger partial charge in [0.05, 0.1) is 4.92 Å². The quantitative estimate of drug-likeness (QED) is 0.670. The average molecular weight is 303 g/mol. The van der Waals surface area contributed by atoms with Gasteiger partial charge in [0.15, 0.2) is 0 Å². The Morgan fingerprint density at radius 3 is 2.71 bits per heavy atom. The normalized spacial score (nSPS) is 10.6. The summed E-state index contributed by atoms with van der Waals surface area (Å²) in [4.78, 5) is 10.6. The molecule has 0 radical (unpaired) electrons. The van der Waals surface area contributed by atoms with Crippen LogP contribution in [0.15, 0.2) is 11.1 Å². The van der Waals surface area contributed by atoms with Crippen LogP contribution in [0, 0.1) is 17.0 Å². The molecule has 6 nitrogen and oxygen atoms in total. The summed E-state index contributed by atoms with van der Waals surface area (Å²) in [5.74, 6) is 0.420. The largest absolute Gasteiger partial charge is 0.360 e. The molecule has 7 heteroatoms. The molecule has 0 aliphatic rings. The lowest BCUT2D eigenvalue weighted by Crippen LogP contribution is -2.11. The third kappa shape index (κ3) is 3.06. The molecular weight excluding hydrogens is 288 g/mol. The van der Waals surface area contributed by atoms with Crippen molar-refractivity contribution in [1.29, 1.82) is 0 Å². The van der Waals surface area contributed by atoms with Gasteiger partial charge in [0.2, 0.25) is 5.82 Å². The maximum absolute atomic E-state index is 11.0. The number of anilines is 1. The van der Waals surface area contributed by atoms with Crippen LogP contribution >= 0.6 is 15.9 Å². The molecule has 0 saturated carbocycles. The predicted octanol–water partition coefficient (Wildman–Crippen LogP) is 3.00. The van der Waals surface area contributed by atoms with E-state index in [0.717, 1.165) is 4.48 Å². The van der Waals surface area contributed by atoms with Crippen molar-refractivity contribution in [2.45, 2.75) is 26.8 Å². The predicted molar refractivity (Wildman–Crippen MR) is 70.6 cm³/mol. The van der Waals surface area contributed by atoms with E-state index in [0.29, 0.717) is 18.1 Å². The van der Waals surface area contributed by atoms with Crippen molar-refractivity contribution < 1.29 is 4.92 Å². The van der Waals surface area contributed by atoms with Crippen molar-refractivity contribution in [2.24, 2.45) is 0 Å². The zero-order valence-corrected chi connectivity index (χ0v) is 11.6. The standard InChI is InChI=1S/C10H15BrN4O2/c1-6(2)14-10(12-5-7(3)11)9(15(16)17)8(4)13-14/h6,12H,3,5H2,1-2,4H3. The molecule has 0 bridgehead atoms. The van der Waals surface area contributed by atoms with Gasteiger partial charge in [-0.15, -0.1) is 0 Å². The fourth-order valence-electron chi connectivity index (χ4n) is 1.48. The van der Waals surface area contributed by atoms with Crippen molar-refractivity contribution in [1.82, 2.24) is 9.78 Å². The average Bonchev–Trinajstić information content (AvgIpc) is 2.52. The van der Waals surface area contributed by atoms with Crippen LogP contribution in [0.2, 0.25) is 0 Å². The van der Waals surface area contributed by atoms with Crippen LogP contribution in [0.4, 0.5) is 11.5 Å². The highest BCUT2D eigenvalue weighted by Crippen LogP contribution is 2.30. The van der Waals surface area contributed by atoms with Crippen molar-refractivity contribution in [3.8, 4) is 0 Å². The lowest BCUT2D eigenvalue weighted by Gasteiger charge is -2.11. The molecule has 0 fully saturated rings. The van der Waals surface area contributed by atoms with Gasteiger partial charge in [-0.2, -0.15) is 5.10 Å². The summed E-state index contributed by atoms with van der Waals surface area (Å²) in [7, 11) is 0. The molecule has 1 aromatic rings. The van der Waals surface area contributed by atoms with Crippen molar-refractivity contribution in [3.63, 3.8) is 0 Å². The van der Waals surface area contributed by atoms with Gasteiger partial charge in [-0.05, 0) is 20.8 Å². The molecule has 1 N–H and O–H groups in total. The molecule has 0 spiro atoms. The van der Waals surface area contributed by atoms with Gasteiger partial charge in [-0.1, -0.05) is 22.5 Å². The lowest BCUT2D eigenvalue weighted by atomic mass is 10.3. The van der Waals surface area contributed by atoms with Gasteiger partial charge in [0, 0.05) is 17.1 Å². The molecule has 17 heavy (non-hydrogen) atoms. The zero-order valence-electron chi connectivity index (χ0n) is 10.0. The van der Waals surface area contributed by atoms with E-state index in [9.17, 15) is 10.1 Å². The van der Waals surface area contributed by atoms with E-state index in [2.05, 4.69) is 32.9 Å². The number of hydrogen-bond donors (Lipinski definition) is 1. The van der Waals surface area contributed by atoms with E-state index in [4.69, 9.17) is 0 Å². The van der Waals surface area contributed by atoms with E-state index >= 15 is 0 Å². The minimum atomic E-state index is -0.416. The summed E-state index contributed by atoms with van der Waals surface area (Å²) >= 11 is 3.21. The summed E-state index contributed by atoms with van der Waals surface area (Å²) in [5.41, 5.74) is 0.429. The van der Waals surface area contributed by atoms with Crippen molar-refractivity contribution in [3.05, 3.63) is 26.9 Å². The van der Waals surface area contributed by atoms with E-state index in [1.165, 1.54) is 0 Å². The van der Waals surface area contributed by atoms with Crippen molar-refractivity contribution in [2.75, 3.05) is 11.9 Å². The van der Waals surface area contributed by atoms with Crippen LogP contribution in [0.5, 0.6) is 0 Å². The summed E-state index contributed by atoms with van der Waals surface area (Å²) in [6.45, 7) is 9.57. The van der Waals surface area contributed by atoms with Crippen LogP contribution < -0.4 is 5.32 Å². The summed E-state index contributed by atoms with van der Waals surface area (Å²) < 4.78 is 2.34. The Kier molecular flexibility index (Phi) is 4.28. The van der Waals surface area contributed by atoms with Crippen LogP contribution in [0.1, 0.15) is 25.6 Å². The summed E-state index contributed by atoms with van der Waals surface area (Å²) in [5, 5.41) is 18.2. The monoisotopic (exact) mass is 302 g/mol. The smallest absolute Gasteiger partial charge is 0.333 e. The third-order valence-corrected chi connectivity index (χ3v) is 2.45. The number of nitrogens with one attached hydrogen (secondary N) is 1. The number of nitro groups is 1. The Morgan fingerprint density at radius 1 is 1.71 bits per heavy atom. The molecule has 1 rings (SSSR count). The molecule has 0 amide bonds. The highest BCUT2D eigenvalue weighted by molar-refractivity contribution is 9.11. The zero-order chi connectivity index (χ0) is 13.2. The van der Waals surface area contributed by atoms with E-state index in [1.54, 1.807) is 11.6 Å². The minimum absolute atomic E-state index is 0.0208. The minimum Gasteiger partial charge on any atom is -0.360 e. The second-order valence-electron chi connectivity index (χ2n) is 3.95. The van der Waals surface area contributed by atoms with Crippen molar-refractivity contribution >= 4 is 27.4 Å². The molecular formula is C10H15BrN4O2. The number of hydrogen-bond acceptors (Lipinski definition) is 4. The topological polar surface area (TPSA) is 73.0 Å². The van der Waals surface area contributed by atoms with E-state index in [-0.39, 0.29) is 11.7 Å². The molecule has 0 aliphatic carbocycles. The van der Waals surface area contributed by atoms with E-state index in [1.807, 2.05) is 13.8 Å². The second kappa shape index (κ2) is 5.31. The first-order valence-corrected chi connectivity index (χ1v) is 5.94. The van der Waals surface area contributed by atoms with Gasteiger partial charge < -0.3 is 5.32 Å². The van der Waals surface area contributed by atoms with Gasteiger partial charge in [0.1, 0.15) is 5.69 Å². The molecule has 1 aromatic heterocycles. The summed E-state index contributed by atoms with van der Waals surface area (Å²) in [6, 6.07) is 0.0495. The number of aryl methyl sites for hydroxylation is 1. The van der Waals surface area contributed by atoms with Gasteiger partial charge >= 0.3 is 5.69 Å². The SMILES string of the molecule is C=C(Br)CNc1c([N+](=O)[O-])c(C)nn1C(C)C. The Bertz CT molecular complexity index is 453. The first kappa shape index (κ1) is 13.7. The van der Waals surface area contributed by atoms with Crippen LogP contribution in [0.3, 0.4) is 0 Å². The molecule has 0 atom stereocenters. The maximum atomic E-state index is 11.0. The number of nitrogens with zero attached hydrogens (tertiary/aromatic N) is 3. The van der Waals surface area contributed by atoms with Crippen LogP contribution in [0.25, 0.3) is 0 Å². The molecule has 0 aromatic carbocycles. The Hall–Kier alpha value is -1.37.